The molecule has 0 fully saturated rings. The number of benzene rings is 1. The summed E-state index contributed by atoms with van der Waals surface area (Å²) in [7, 11) is 0. The van der Waals surface area contributed by atoms with E-state index in [1.807, 2.05) is 36.4 Å². The predicted octanol–water partition coefficient (Wildman–Crippen LogP) is 4.20. The monoisotopic (exact) mass is 304 g/mol. The van der Waals surface area contributed by atoms with Gasteiger partial charge in [-0.15, -0.1) is 0 Å². The minimum atomic E-state index is -0.787. The standard InChI is InChI=1S/C15H20O.C4H8O2/c1-2-3-4-6-11-15(13-16)12-14-9-7-5-8-10-14;1-3(5)4(2)6/h5,7-10,12-13H,2-4,6,11H2,1H3;3,5H,1-2H3/b15-12+;. The van der Waals surface area contributed by atoms with Gasteiger partial charge in [0.2, 0.25) is 0 Å². The van der Waals surface area contributed by atoms with Gasteiger partial charge in [0.1, 0.15) is 12.4 Å². The Hall–Kier alpha value is -1.74. The Morgan fingerprint density at radius 1 is 1.18 bits per heavy atom. The van der Waals surface area contributed by atoms with Gasteiger partial charge in [-0.3, -0.25) is 9.59 Å². The number of hydrogen-bond donors (Lipinski definition) is 1. The van der Waals surface area contributed by atoms with Crippen LogP contribution in [-0.4, -0.2) is 23.3 Å². The van der Waals surface area contributed by atoms with Crippen molar-refractivity contribution in [2.45, 2.75) is 59.0 Å². The zero-order valence-corrected chi connectivity index (χ0v) is 13.9. The van der Waals surface area contributed by atoms with E-state index in [2.05, 4.69) is 6.92 Å². The smallest absolute Gasteiger partial charge is 0.157 e. The Morgan fingerprint density at radius 3 is 2.23 bits per heavy atom. The number of aldehydes is 1. The van der Waals surface area contributed by atoms with Gasteiger partial charge >= 0.3 is 0 Å². The average molecular weight is 304 g/mol. The number of aliphatic hydroxyl groups excluding tert-OH is 1. The van der Waals surface area contributed by atoms with Crippen molar-refractivity contribution >= 4 is 18.1 Å². The number of ketones is 1. The number of carbonyl (C=O) groups excluding carboxylic acids is 2. The van der Waals surface area contributed by atoms with Gasteiger partial charge in [-0.05, 0) is 43.9 Å². The van der Waals surface area contributed by atoms with E-state index < -0.39 is 6.10 Å². The molecule has 0 bridgehead atoms. The van der Waals surface area contributed by atoms with Crippen molar-refractivity contribution in [2.75, 3.05) is 0 Å². The van der Waals surface area contributed by atoms with E-state index in [1.165, 1.54) is 33.1 Å². The highest BCUT2D eigenvalue weighted by atomic mass is 16.3. The maximum absolute atomic E-state index is 10.9. The number of rotatable bonds is 8. The lowest BCUT2D eigenvalue weighted by molar-refractivity contribution is -0.124. The summed E-state index contributed by atoms with van der Waals surface area (Å²) in [6.45, 7) is 4.99. The summed E-state index contributed by atoms with van der Waals surface area (Å²) >= 11 is 0. The second-order valence-corrected chi connectivity index (χ2v) is 5.35. The van der Waals surface area contributed by atoms with Crippen LogP contribution in [0.4, 0.5) is 0 Å². The third-order valence-electron chi connectivity index (χ3n) is 3.21. The van der Waals surface area contributed by atoms with Gasteiger partial charge in [0.15, 0.2) is 5.78 Å². The van der Waals surface area contributed by atoms with E-state index in [-0.39, 0.29) is 5.78 Å². The van der Waals surface area contributed by atoms with Gasteiger partial charge in [-0.2, -0.15) is 0 Å². The number of unbranched alkanes of at least 4 members (excludes halogenated alkanes) is 3. The molecule has 1 rings (SSSR count). The first kappa shape index (κ1) is 20.3. The van der Waals surface area contributed by atoms with Crippen molar-refractivity contribution in [3.8, 4) is 0 Å². The summed E-state index contributed by atoms with van der Waals surface area (Å²) in [5.41, 5.74) is 2.02. The molecule has 1 aromatic carbocycles. The van der Waals surface area contributed by atoms with Crippen LogP contribution in [0.5, 0.6) is 0 Å². The molecule has 122 valence electrons. The fraction of sp³-hybridized carbons (Fsp3) is 0.474. The van der Waals surface area contributed by atoms with Crippen molar-refractivity contribution < 1.29 is 14.7 Å². The van der Waals surface area contributed by atoms with Crippen molar-refractivity contribution in [1.29, 1.82) is 0 Å². The van der Waals surface area contributed by atoms with Crippen molar-refractivity contribution in [2.24, 2.45) is 0 Å². The molecule has 1 N–H and O–H groups in total. The van der Waals surface area contributed by atoms with Crippen LogP contribution in [0.2, 0.25) is 0 Å². The third kappa shape index (κ3) is 11.0. The fourth-order valence-corrected chi connectivity index (χ4v) is 1.68. The molecule has 0 heterocycles. The van der Waals surface area contributed by atoms with E-state index in [1.54, 1.807) is 0 Å². The Balaban J connectivity index is 0.000000626. The number of allylic oxidation sites excluding steroid dienone is 1. The first-order chi connectivity index (χ1) is 10.5. The molecule has 0 saturated heterocycles. The lowest BCUT2D eigenvalue weighted by Crippen LogP contribution is -2.10. The van der Waals surface area contributed by atoms with Gasteiger partial charge in [0.05, 0.1) is 0 Å². The van der Waals surface area contributed by atoms with Crippen LogP contribution in [-0.2, 0) is 9.59 Å². The molecule has 3 nitrogen and oxygen atoms in total. The van der Waals surface area contributed by atoms with Gasteiger partial charge in [-0.25, -0.2) is 0 Å². The van der Waals surface area contributed by atoms with E-state index in [0.717, 1.165) is 30.3 Å². The molecule has 0 aliphatic carbocycles. The van der Waals surface area contributed by atoms with Crippen molar-refractivity contribution in [1.82, 2.24) is 0 Å². The van der Waals surface area contributed by atoms with Gasteiger partial charge in [0.25, 0.3) is 0 Å². The van der Waals surface area contributed by atoms with E-state index in [9.17, 15) is 9.59 Å². The molecule has 1 aromatic rings. The summed E-state index contributed by atoms with van der Waals surface area (Å²) in [5, 5.41) is 8.28. The van der Waals surface area contributed by atoms with Crippen LogP contribution in [0.15, 0.2) is 35.9 Å². The first-order valence-corrected chi connectivity index (χ1v) is 7.90. The molecule has 22 heavy (non-hydrogen) atoms. The maximum atomic E-state index is 10.9. The van der Waals surface area contributed by atoms with Gasteiger partial charge in [-0.1, -0.05) is 56.5 Å². The largest absolute Gasteiger partial charge is 0.386 e. The molecule has 1 unspecified atom stereocenters. The number of carbonyl (C=O) groups is 2. The van der Waals surface area contributed by atoms with Crippen LogP contribution >= 0.6 is 0 Å². The van der Waals surface area contributed by atoms with Gasteiger partial charge in [0, 0.05) is 0 Å². The maximum Gasteiger partial charge on any atom is 0.157 e. The predicted molar refractivity (Wildman–Crippen MR) is 91.6 cm³/mol. The average Bonchev–Trinajstić information content (AvgIpc) is 2.52. The minimum Gasteiger partial charge on any atom is -0.386 e. The molecule has 0 amide bonds. The topological polar surface area (TPSA) is 54.4 Å². The number of aliphatic hydroxyl groups is 1. The summed E-state index contributed by atoms with van der Waals surface area (Å²) in [4.78, 5) is 20.8. The lowest BCUT2D eigenvalue weighted by Gasteiger charge is -2.00. The Morgan fingerprint density at radius 2 is 1.77 bits per heavy atom. The van der Waals surface area contributed by atoms with Crippen molar-refractivity contribution in [3.63, 3.8) is 0 Å². The molecule has 0 aliphatic rings. The number of Topliss-reactive ketones (excluding diaryl/α,β-unsaturated/α-hetero) is 1. The molecule has 0 aromatic heterocycles. The van der Waals surface area contributed by atoms with Crippen LogP contribution in [0.1, 0.15) is 58.4 Å². The molecular weight excluding hydrogens is 276 g/mol. The van der Waals surface area contributed by atoms with Crippen LogP contribution in [0, 0.1) is 0 Å². The van der Waals surface area contributed by atoms with Crippen LogP contribution in [0.3, 0.4) is 0 Å². The highest BCUT2D eigenvalue weighted by Gasteiger charge is 1.97. The SMILES string of the molecule is CC(=O)C(C)O.CCCCCC/C(C=O)=C\c1ccccc1. The molecule has 3 heteroatoms. The third-order valence-corrected chi connectivity index (χ3v) is 3.21. The summed E-state index contributed by atoms with van der Waals surface area (Å²) < 4.78 is 0. The van der Waals surface area contributed by atoms with E-state index >= 15 is 0 Å². The quantitative estimate of drug-likeness (QED) is 0.445. The fourth-order valence-electron chi connectivity index (χ4n) is 1.68. The number of hydrogen-bond acceptors (Lipinski definition) is 3. The molecule has 0 aliphatic heterocycles. The van der Waals surface area contributed by atoms with Gasteiger partial charge < -0.3 is 5.11 Å². The summed E-state index contributed by atoms with van der Waals surface area (Å²) in [6, 6.07) is 10.0. The normalized spacial score (nSPS) is 12.1. The van der Waals surface area contributed by atoms with Crippen molar-refractivity contribution in [3.05, 3.63) is 41.5 Å². The highest BCUT2D eigenvalue weighted by Crippen LogP contribution is 2.12. The highest BCUT2D eigenvalue weighted by molar-refractivity contribution is 5.81. The second-order valence-electron chi connectivity index (χ2n) is 5.35. The lowest BCUT2D eigenvalue weighted by atomic mass is 10.0. The molecule has 0 radical (unpaired) electrons. The van der Waals surface area contributed by atoms with E-state index in [0.29, 0.717) is 0 Å². The summed E-state index contributed by atoms with van der Waals surface area (Å²) in [5.74, 6) is -0.185. The molecule has 0 spiro atoms. The minimum absolute atomic E-state index is 0.185. The second kappa shape index (κ2) is 13.0. The zero-order valence-electron chi connectivity index (χ0n) is 13.9. The zero-order chi connectivity index (χ0) is 16.8. The Bertz CT molecular complexity index is 447. The Labute approximate surface area is 134 Å². The Kier molecular flexibility index (Phi) is 11.9. The molecule has 0 saturated carbocycles. The van der Waals surface area contributed by atoms with Crippen LogP contribution in [0.25, 0.3) is 6.08 Å². The van der Waals surface area contributed by atoms with Crippen LogP contribution < -0.4 is 0 Å². The molecular formula is C19H28O3. The van der Waals surface area contributed by atoms with E-state index in [4.69, 9.17) is 5.11 Å². The summed E-state index contributed by atoms with van der Waals surface area (Å²) in [6.07, 6.45) is 7.92. The first-order valence-electron chi connectivity index (χ1n) is 7.90. The molecule has 1 atom stereocenters.